The van der Waals surface area contributed by atoms with Gasteiger partial charge in [-0.1, -0.05) is 19.3 Å². The quantitative estimate of drug-likeness (QED) is 0.645. The van der Waals surface area contributed by atoms with E-state index in [1.54, 1.807) is 0 Å². The Hall–Kier alpha value is -1.34. The number of ether oxygens (including phenoxy) is 1. The normalized spacial score (nSPS) is 24.7. The van der Waals surface area contributed by atoms with Crippen LogP contribution in [0.15, 0.2) is 0 Å². The zero-order chi connectivity index (χ0) is 20.0. The summed E-state index contributed by atoms with van der Waals surface area (Å²) in [6.07, 6.45) is 8.88. The molecule has 0 spiro atoms. The minimum absolute atomic E-state index is 0.000455. The lowest BCUT2D eigenvalue weighted by atomic mass is 9.80. The Morgan fingerprint density at radius 3 is 2.21 bits per heavy atom. The summed E-state index contributed by atoms with van der Waals surface area (Å²) < 4.78 is 5.61. The van der Waals surface area contributed by atoms with Crippen molar-refractivity contribution in [2.45, 2.75) is 88.8 Å². The molecule has 0 unspecified atom stereocenters. The van der Waals surface area contributed by atoms with Crippen molar-refractivity contribution in [3.05, 3.63) is 0 Å². The van der Waals surface area contributed by atoms with Gasteiger partial charge in [0.1, 0.15) is 5.54 Å². The molecular weight excluding hydrogens is 356 g/mol. The number of hydrogen-bond donors (Lipinski definition) is 3. The molecule has 7 nitrogen and oxygen atoms in total. The van der Waals surface area contributed by atoms with Crippen molar-refractivity contribution < 1.29 is 14.3 Å². The topological polar surface area (TPSA) is 82.7 Å². The second kappa shape index (κ2) is 9.44. The number of amides is 3. The molecule has 2 aliphatic heterocycles. The summed E-state index contributed by atoms with van der Waals surface area (Å²) in [6, 6.07) is -0.197. The van der Waals surface area contributed by atoms with Gasteiger partial charge in [0.2, 0.25) is 5.91 Å². The van der Waals surface area contributed by atoms with Crippen LogP contribution in [-0.2, 0) is 9.53 Å². The minimum Gasteiger partial charge on any atom is -0.381 e. The Bertz CT molecular complexity index is 534. The van der Waals surface area contributed by atoms with Crippen molar-refractivity contribution in [2.75, 3.05) is 32.8 Å². The van der Waals surface area contributed by atoms with Gasteiger partial charge in [-0.25, -0.2) is 4.79 Å². The number of nitrogens with zero attached hydrogens (tertiary/aromatic N) is 1. The molecule has 7 heteroatoms. The smallest absolute Gasteiger partial charge is 0.315 e. The highest BCUT2D eigenvalue weighted by Crippen LogP contribution is 2.32. The minimum atomic E-state index is -0.783. The van der Waals surface area contributed by atoms with Crippen LogP contribution in [0.1, 0.15) is 71.6 Å². The Morgan fingerprint density at radius 1 is 0.964 bits per heavy atom. The Labute approximate surface area is 169 Å². The fourth-order valence-electron chi connectivity index (χ4n) is 5.04. The van der Waals surface area contributed by atoms with Gasteiger partial charge in [0.25, 0.3) is 0 Å². The predicted molar refractivity (Wildman–Crippen MR) is 109 cm³/mol. The average Bonchev–Trinajstić information content (AvgIpc) is 3.22. The maximum atomic E-state index is 13.3. The van der Waals surface area contributed by atoms with Crippen molar-refractivity contribution in [1.82, 2.24) is 20.9 Å². The Balaban J connectivity index is 1.67. The number of likely N-dealkylation sites (tertiary alicyclic amines) is 1. The van der Waals surface area contributed by atoms with Crippen molar-refractivity contribution >= 4 is 11.9 Å². The third kappa shape index (κ3) is 4.98. The SMILES string of the molecule is CC(C)NC(=O)NC1(C(=O)NCC2(N3CCCC3)CCOCC2)CCCCC1. The molecule has 28 heavy (non-hydrogen) atoms. The van der Waals surface area contributed by atoms with Crippen molar-refractivity contribution in [3.63, 3.8) is 0 Å². The second-order valence-corrected chi connectivity index (χ2v) is 9.11. The third-order valence-corrected chi connectivity index (χ3v) is 6.69. The molecule has 3 fully saturated rings. The van der Waals surface area contributed by atoms with E-state index in [0.717, 1.165) is 58.4 Å². The van der Waals surface area contributed by atoms with E-state index in [9.17, 15) is 9.59 Å². The number of carbonyl (C=O) groups is 2. The van der Waals surface area contributed by atoms with Gasteiger partial charge in [0.15, 0.2) is 0 Å². The average molecular weight is 395 g/mol. The fraction of sp³-hybridized carbons (Fsp3) is 0.905. The van der Waals surface area contributed by atoms with Crippen molar-refractivity contribution in [1.29, 1.82) is 0 Å². The Morgan fingerprint density at radius 2 is 1.61 bits per heavy atom. The van der Waals surface area contributed by atoms with E-state index in [-0.39, 0.29) is 23.5 Å². The van der Waals surface area contributed by atoms with Crippen LogP contribution in [0, 0.1) is 0 Å². The zero-order valence-electron chi connectivity index (χ0n) is 17.6. The van der Waals surface area contributed by atoms with Crippen LogP contribution in [0.2, 0.25) is 0 Å². The van der Waals surface area contributed by atoms with Gasteiger partial charge < -0.3 is 20.7 Å². The summed E-state index contributed by atoms with van der Waals surface area (Å²) in [5, 5.41) is 9.17. The monoisotopic (exact) mass is 394 g/mol. The summed E-state index contributed by atoms with van der Waals surface area (Å²) in [7, 11) is 0. The van der Waals surface area contributed by atoms with Gasteiger partial charge in [-0.3, -0.25) is 9.69 Å². The largest absolute Gasteiger partial charge is 0.381 e. The van der Waals surface area contributed by atoms with Crippen LogP contribution in [0.3, 0.4) is 0 Å². The zero-order valence-corrected chi connectivity index (χ0v) is 17.6. The molecule has 3 amide bonds. The molecule has 2 saturated heterocycles. The second-order valence-electron chi connectivity index (χ2n) is 9.11. The standard InChI is InChI=1S/C21H38N4O3/c1-17(2)23-19(27)24-21(8-4-3-5-9-21)18(26)22-16-20(10-14-28-15-11-20)25-12-6-7-13-25/h17H,3-16H2,1-2H3,(H,22,26)(H2,23,24,27). The predicted octanol–water partition coefficient (Wildman–Crippen LogP) is 2.16. The van der Waals surface area contributed by atoms with Gasteiger partial charge in [0.05, 0.1) is 0 Å². The lowest BCUT2D eigenvalue weighted by molar-refractivity contribution is -0.129. The summed E-state index contributed by atoms with van der Waals surface area (Å²) in [5.41, 5.74) is -0.783. The van der Waals surface area contributed by atoms with Gasteiger partial charge in [-0.2, -0.15) is 0 Å². The van der Waals surface area contributed by atoms with Gasteiger partial charge in [-0.05, 0) is 65.5 Å². The van der Waals surface area contributed by atoms with Gasteiger partial charge >= 0.3 is 6.03 Å². The van der Waals surface area contributed by atoms with E-state index < -0.39 is 5.54 Å². The molecule has 1 aliphatic carbocycles. The molecule has 0 bridgehead atoms. The van der Waals surface area contributed by atoms with Crippen molar-refractivity contribution in [2.24, 2.45) is 0 Å². The Kier molecular flexibility index (Phi) is 7.20. The molecule has 1 saturated carbocycles. The first kappa shape index (κ1) is 21.4. The number of carbonyl (C=O) groups excluding carboxylic acids is 2. The molecule has 0 aromatic rings. The van der Waals surface area contributed by atoms with Crippen LogP contribution in [-0.4, -0.2) is 66.8 Å². The van der Waals surface area contributed by atoms with E-state index in [1.165, 1.54) is 12.8 Å². The molecule has 0 radical (unpaired) electrons. The van der Waals surface area contributed by atoms with Crippen LogP contribution in [0.5, 0.6) is 0 Å². The highest BCUT2D eigenvalue weighted by Gasteiger charge is 2.44. The molecule has 3 rings (SSSR count). The molecule has 3 N–H and O–H groups in total. The number of hydrogen-bond acceptors (Lipinski definition) is 4. The first-order valence-corrected chi connectivity index (χ1v) is 11.2. The van der Waals surface area contributed by atoms with Crippen LogP contribution >= 0.6 is 0 Å². The maximum absolute atomic E-state index is 13.3. The maximum Gasteiger partial charge on any atom is 0.315 e. The summed E-state index contributed by atoms with van der Waals surface area (Å²) >= 11 is 0. The fourth-order valence-corrected chi connectivity index (χ4v) is 5.04. The first-order chi connectivity index (χ1) is 13.5. The van der Waals surface area contributed by atoms with E-state index >= 15 is 0 Å². The highest BCUT2D eigenvalue weighted by molar-refractivity contribution is 5.91. The third-order valence-electron chi connectivity index (χ3n) is 6.69. The molecule has 2 heterocycles. The van der Waals surface area contributed by atoms with Crippen molar-refractivity contribution in [3.8, 4) is 0 Å². The molecule has 0 aromatic carbocycles. The number of rotatable bonds is 6. The molecule has 160 valence electrons. The molecule has 0 aromatic heterocycles. The molecular formula is C21H38N4O3. The summed E-state index contributed by atoms with van der Waals surface area (Å²) in [6.45, 7) is 8.23. The summed E-state index contributed by atoms with van der Waals surface area (Å²) in [5.74, 6) is -0.0174. The highest BCUT2D eigenvalue weighted by atomic mass is 16.5. The number of nitrogens with one attached hydrogen (secondary N) is 3. The lowest BCUT2D eigenvalue weighted by Gasteiger charge is -2.45. The van der Waals surface area contributed by atoms with E-state index in [1.807, 2.05) is 13.8 Å². The first-order valence-electron chi connectivity index (χ1n) is 11.2. The van der Waals surface area contributed by atoms with E-state index in [0.29, 0.717) is 19.4 Å². The van der Waals surface area contributed by atoms with Gasteiger partial charge in [0, 0.05) is 31.3 Å². The van der Waals surface area contributed by atoms with Crippen LogP contribution in [0.25, 0.3) is 0 Å². The lowest BCUT2D eigenvalue weighted by Crippen LogP contribution is -2.65. The van der Waals surface area contributed by atoms with Crippen LogP contribution in [0.4, 0.5) is 4.79 Å². The van der Waals surface area contributed by atoms with E-state index in [2.05, 4.69) is 20.9 Å². The van der Waals surface area contributed by atoms with Crippen LogP contribution < -0.4 is 16.0 Å². The molecule has 3 aliphatic rings. The molecule has 0 atom stereocenters. The summed E-state index contributed by atoms with van der Waals surface area (Å²) in [4.78, 5) is 28.3. The van der Waals surface area contributed by atoms with Gasteiger partial charge in [-0.15, -0.1) is 0 Å². The van der Waals surface area contributed by atoms with E-state index in [4.69, 9.17) is 4.74 Å². The number of urea groups is 1.